The Hall–Kier alpha value is -4.27. The van der Waals surface area contributed by atoms with E-state index in [9.17, 15) is 37.1 Å². The van der Waals surface area contributed by atoms with Gasteiger partial charge in [0, 0.05) is 17.7 Å². The highest BCUT2D eigenvalue weighted by molar-refractivity contribution is 6.09. The second-order valence-corrected chi connectivity index (χ2v) is 10.2. The number of fused-ring (bicyclic) bond motifs is 1. The topological polar surface area (TPSA) is 74.7 Å². The van der Waals surface area contributed by atoms with E-state index in [4.69, 9.17) is 0 Å². The molecule has 1 unspecified atom stereocenters. The van der Waals surface area contributed by atoms with E-state index in [0.717, 1.165) is 12.1 Å². The van der Waals surface area contributed by atoms with Crippen LogP contribution in [-0.4, -0.2) is 33.2 Å². The van der Waals surface area contributed by atoms with Gasteiger partial charge in [0.15, 0.2) is 5.78 Å². The molecule has 1 spiro atoms. The number of carboxylic acids is 1. The highest BCUT2D eigenvalue weighted by Gasteiger charge is 2.56. The van der Waals surface area contributed by atoms with Crippen molar-refractivity contribution in [1.29, 1.82) is 0 Å². The number of halogens is 4. The van der Waals surface area contributed by atoms with Crippen molar-refractivity contribution in [2.24, 2.45) is 0 Å². The van der Waals surface area contributed by atoms with Gasteiger partial charge in [-0.1, -0.05) is 61.9 Å². The summed E-state index contributed by atoms with van der Waals surface area (Å²) in [5.41, 5.74) is -0.537. The predicted molar refractivity (Wildman–Crippen MR) is 139 cm³/mol. The van der Waals surface area contributed by atoms with Gasteiger partial charge in [-0.3, -0.25) is 14.4 Å². The van der Waals surface area contributed by atoms with Gasteiger partial charge >= 0.3 is 12.1 Å². The van der Waals surface area contributed by atoms with E-state index in [1.807, 2.05) is 0 Å². The number of aliphatic carboxylic acids is 1. The molecule has 206 valence electrons. The molecule has 3 aromatic carbocycles. The smallest absolute Gasteiger partial charge is 0.419 e. The molecule has 5 nitrogen and oxygen atoms in total. The van der Waals surface area contributed by atoms with Crippen LogP contribution in [0.2, 0.25) is 0 Å². The molecule has 0 bridgehead atoms. The summed E-state index contributed by atoms with van der Waals surface area (Å²) in [6.45, 7) is 3.28. The van der Waals surface area contributed by atoms with Crippen LogP contribution >= 0.6 is 0 Å². The van der Waals surface area contributed by atoms with Crippen LogP contribution in [-0.2, 0) is 17.5 Å². The molecule has 1 heterocycles. The molecule has 1 aliphatic carbocycles. The second-order valence-electron chi connectivity index (χ2n) is 10.2. The van der Waals surface area contributed by atoms with Crippen molar-refractivity contribution in [3.63, 3.8) is 0 Å². The number of carbonyl (C=O) groups is 3. The van der Waals surface area contributed by atoms with E-state index in [-0.39, 0.29) is 23.5 Å². The summed E-state index contributed by atoms with van der Waals surface area (Å²) < 4.78 is 53.8. The zero-order chi connectivity index (χ0) is 28.8. The number of nitrogens with zero attached hydrogens (tertiary/aromatic N) is 1. The molecular formula is C31H25F4NO4. The number of amides is 1. The lowest BCUT2D eigenvalue weighted by atomic mass is 9.71. The summed E-state index contributed by atoms with van der Waals surface area (Å²) in [5.74, 6) is -4.51. The van der Waals surface area contributed by atoms with E-state index in [1.165, 1.54) is 11.0 Å². The summed E-state index contributed by atoms with van der Waals surface area (Å²) in [6.07, 6.45) is -1.59. The lowest BCUT2D eigenvalue weighted by molar-refractivity contribution is -0.143. The maximum absolute atomic E-state index is 14.4. The lowest BCUT2D eigenvalue weighted by Gasteiger charge is -2.49. The number of alkyl halides is 3. The zero-order valence-corrected chi connectivity index (χ0v) is 21.3. The van der Waals surface area contributed by atoms with Crippen LogP contribution < -0.4 is 0 Å². The van der Waals surface area contributed by atoms with Crippen LogP contribution in [0, 0.1) is 5.82 Å². The van der Waals surface area contributed by atoms with Crippen molar-refractivity contribution in [2.45, 2.75) is 49.9 Å². The number of carbonyl (C=O) groups excluding carboxylic acids is 2. The number of hydrogen-bond donors (Lipinski definition) is 1. The van der Waals surface area contributed by atoms with Gasteiger partial charge in [0.2, 0.25) is 0 Å². The minimum Gasteiger partial charge on any atom is -0.481 e. The number of ketones is 1. The lowest BCUT2D eigenvalue weighted by Crippen LogP contribution is -2.58. The highest BCUT2D eigenvalue weighted by Crippen LogP contribution is 2.51. The summed E-state index contributed by atoms with van der Waals surface area (Å²) in [5, 5.41) is 10.4. The van der Waals surface area contributed by atoms with E-state index >= 15 is 0 Å². The Kier molecular flexibility index (Phi) is 6.85. The first-order valence-electron chi connectivity index (χ1n) is 12.8. The quantitative estimate of drug-likeness (QED) is 0.203. The minimum absolute atomic E-state index is 0.121. The van der Waals surface area contributed by atoms with E-state index in [0.29, 0.717) is 54.0 Å². The standard InChI is InChI=1S/C31H25F4NO4/c1-2-26(37)21-8-4-3-7-20(21)19-10-11-22-23(16-19)28(38)36(30(13-5-6-14-30)27(22)29(39)40)17-18-9-12-24(25(32)15-18)31(33,34)35/h2-4,7-12,15-16,27H,1,5-6,13-14,17H2,(H,39,40). The fraction of sp³-hybridized carbons (Fsp3) is 0.258. The first kappa shape index (κ1) is 27.3. The summed E-state index contributed by atoms with van der Waals surface area (Å²) in [7, 11) is 0. The maximum atomic E-state index is 14.4. The molecule has 2 aliphatic rings. The van der Waals surface area contributed by atoms with Crippen LogP contribution in [0.5, 0.6) is 0 Å². The van der Waals surface area contributed by atoms with E-state index < -0.39 is 40.9 Å². The summed E-state index contributed by atoms with van der Waals surface area (Å²) >= 11 is 0. The fourth-order valence-corrected chi connectivity index (χ4v) is 6.22. The Morgan fingerprint density at radius 1 is 1.02 bits per heavy atom. The van der Waals surface area contributed by atoms with Crippen LogP contribution in [0.4, 0.5) is 17.6 Å². The molecule has 0 saturated heterocycles. The molecule has 0 aromatic heterocycles. The van der Waals surface area contributed by atoms with Crippen LogP contribution in [0.1, 0.15) is 69.0 Å². The molecule has 0 radical (unpaired) electrons. The number of carboxylic acid groups (broad SMARTS) is 1. The Bertz CT molecular complexity index is 1540. The van der Waals surface area contributed by atoms with Gasteiger partial charge in [-0.25, -0.2) is 4.39 Å². The molecule has 1 N–H and O–H groups in total. The normalized spacial score (nSPS) is 18.1. The number of allylic oxidation sites excluding steroid dienone is 1. The van der Waals surface area contributed by atoms with Gasteiger partial charge < -0.3 is 10.0 Å². The number of hydrogen-bond acceptors (Lipinski definition) is 3. The second kappa shape index (κ2) is 10.0. The van der Waals surface area contributed by atoms with Crippen molar-refractivity contribution in [1.82, 2.24) is 4.90 Å². The van der Waals surface area contributed by atoms with Crippen molar-refractivity contribution in [2.75, 3.05) is 0 Å². The molecular weight excluding hydrogens is 526 g/mol. The van der Waals surface area contributed by atoms with Gasteiger partial charge in [0.25, 0.3) is 5.91 Å². The van der Waals surface area contributed by atoms with Crippen LogP contribution in [0.3, 0.4) is 0 Å². The monoisotopic (exact) mass is 551 g/mol. The molecule has 1 fully saturated rings. The third kappa shape index (κ3) is 4.49. The maximum Gasteiger partial charge on any atom is 0.419 e. The van der Waals surface area contributed by atoms with Gasteiger partial charge in [-0.15, -0.1) is 0 Å². The molecule has 1 saturated carbocycles. The predicted octanol–water partition coefficient (Wildman–Crippen LogP) is 7.02. The molecule has 1 atom stereocenters. The van der Waals surface area contributed by atoms with Crippen LogP contribution in [0.15, 0.2) is 73.3 Å². The Morgan fingerprint density at radius 2 is 1.73 bits per heavy atom. The highest BCUT2D eigenvalue weighted by atomic mass is 19.4. The van der Waals surface area contributed by atoms with Crippen molar-refractivity contribution >= 4 is 17.7 Å². The van der Waals surface area contributed by atoms with Gasteiger partial charge in [0.05, 0.1) is 11.1 Å². The SMILES string of the molecule is C=CC(=O)c1ccccc1-c1ccc2c(c1)C(=O)N(Cc1ccc(C(F)(F)F)c(F)c1)C1(CCCC1)C2C(=O)O. The average molecular weight is 552 g/mol. The molecule has 9 heteroatoms. The Labute approximate surface area is 227 Å². The summed E-state index contributed by atoms with van der Waals surface area (Å²) in [6, 6.07) is 14.1. The van der Waals surface area contributed by atoms with Crippen molar-refractivity contribution in [3.05, 3.63) is 107 Å². The number of rotatable bonds is 6. The third-order valence-electron chi connectivity index (χ3n) is 8.00. The van der Waals surface area contributed by atoms with Crippen molar-refractivity contribution in [3.8, 4) is 11.1 Å². The molecule has 5 rings (SSSR count). The summed E-state index contributed by atoms with van der Waals surface area (Å²) in [4.78, 5) is 40.7. The molecule has 3 aromatic rings. The molecule has 1 aliphatic heterocycles. The first-order valence-corrected chi connectivity index (χ1v) is 12.8. The molecule has 1 amide bonds. The van der Waals surface area contributed by atoms with Crippen molar-refractivity contribution < 1.29 is 37.1 Å². The third-order valence-corrected chi connectivity index (χ3v) is 8.00. The van der Waals surface area contributed by atoms with E-state index in [1.54, 1.807) is 42.5 Å². The Morgan fingerprint density at radius 3 is 2.35 bits per heavy atom. The zero-order valence-electron chi connectivity index (χ0n) is 21.3. The number of benzene rings is 3. The molecule has 40 heavy (non-hydrogen) atoms. The largest absolute Gasteiger partial charge is 0.481 e. The minimum atomic E-state index is -4.87. The fourth-order valence-electron chi connectivity index (χ4n) is 6.22. The van der Waals surface area contributed by atoms with Crippen LogP contribution in [0.25, 0.3) is 11.1 Å². The van der Waals surface area contributed by atoms with Gasteiger partial charge in [0.1, 0.15) is 11.7 Å². The van der Waals surface area contributed by atoms with Gasteiger partial charge in [-0.05, 0) is 59.4 Å². The first-order chi connectivity index (χ1) is 19.0. The Balaban J connectivity index is 1.64. The average Bonchev–Trinajstić information content (AvgIpc) is 3.39. The van der Waals surface area contributed by atoms with E-state index in [2.05, 4.69) is 6.58 Å². The van der Waals surface area contributed by atoms with Gasteiger partial charge in [-0.2, -0.15) is 13.2 Å².